The molecular formula is C17H18N4O3. The minimum Gasteiger partial charge on any atom is -0.494 e. The first-order valence-electron chi connectivity index (χ1n) is 7.81. The van der Waals surface area contributed by atoms with Gasteiger partial charge in [-0.3, -0.25) is 19.2 Å². The summed E-state index contributed by atoms with van der Waals surface area (Å²) in [5.74, 6) is -0.299. The molecule has 0 aliphatic carbocycles. The molecule has 1 aliphatic heterocycles. The molecule has 1 aromatic carbocycles. The number of aromatic amines is 2. The minimum absolute atomic E-state index is 0.187. The maximum Gasteiger partial charge on any atom is 0.330 e. The summed E-state index contributed by atoms with van der Waals surface area (Å²) in [5.41, 5.74) is 2.05. The monoisotopic (exact) mass is 326 g/mol. The van der Waals surface area contributed by atoms with Crippen LogP contribution in [0.15, 0.2) is 33.9 Å². The number of rotatable bonds is 1. The number of hydrogen-bond donors (Lipinski definition) is 3. The molecule has 7 heteroatoms. The van der Waals surface area contributed by atoms with Crippen LogP contribution in [0.1, 0.15) is 22.9 Å². The summed E-state index contributed by atoms with van der Waals surface area (Å²) in [6, 6.07) is 7.56. The van der Waals surface area contributed by atoms with Gasteiger partial charge in [0.15, 0.2) is 0 Å². The van der Waals surface area contributed by atoms with Crippen molar-refractivity contribution in [3.8, 4) is 5.88 Å². The molecule has 7 nitrogen and oxygen atoms in total. The highest BCUT2D eigenvalue weighted by molar-refractivity contribution is 5.85. The molecule has 3 heterocycles. The van der Waals surface area contributed by atoms with Crippen LogP contribution in [0.4, 0.5) is 0 Å². The lowest BCUT2D eigenvalue weighted by atomic mass is 9.94. The molecule has 3 aromatic rings. The van der Waals surface area contributed by atoms with E-state index in [1.54, 1.807) is 0 Å². The zero-order valence-corrected chi connectivity index (χ0v) is 13.5. The van der Waals surface area contributed by atoms with Crippen molar-refractivity contribution in [2.45, 2.75) is 12.5 Å². The van der Waals surface area contributed by atoms with Crippen LogP contribution < -0.4 is 11.2 Å². The quantitative estimate of drug-likeness (QED) is 0.617. The number of aromatic nitrogens is 3. The SMILES string of the molecule is CN1CCc2c([nH]c3ccccc23)C1c1c(O)n(C)c(=O)[nH]c1=O. The standard InChI is InChI=1S/C17H18N4O3/c1-20-8-7-10-9-5-3-4-6-11(9)18-13(10)14(20)12-15(22)19-17(24)21(2)16(12)23/h3-6,14,18,23H,7-8H2,1-2H3,(H,19,22,24). The van der Waals surface area contributed by atoms with Crippen molar-refractivity contribution in [1.29, 1.82) is 0 Å². The summed E-state index contributed by atoms with van der Waals surface area (Å²) in [7, 11) is 3.34. The van der Waals surface area contributed by atoms with E-state index in [-0.39, 0.29) is 11.4 Å². The molecule has 1 aliphatic rings. The van der Waals surface area contributed by atoms with E-state index in [0.717, 1.165) is 39.7 Å². The van der Waals surface area contributed by atoms with Crippen molar-refractivity contribution in [2.75, 3.05) is 13.6 Å². The predicted octanol–water partition coefficient (Wildman–Crippen LogP) is 0.838. The number of benzene rings is 1. The van der Waals surface area contributed by atoms with E-state index in [1.165, 1.54) is 7.05 Å². The third kappa shape index (κ3) is 1.94. The van der Waals surface area contributed by atoms with E-state index < -0.39 is 17.3 Å². The molecular weight excluding hydrogens is 308 g/mol. The second-order valence-corrected chi connectivity index (χ2v) is 6.25. The number of nitrogens with zero attached hydrogens (tertiary/aromatic N) is 2. The summed E-state index contributed by atoms with van der Waals surface area (Å²) in [6.07, 6.45) is 0.858. The normalized spacial score (nSPS) is 18.0. The molecule has 0 amide bonds. The molecule has 4 rings (SSSR count). The molecule has 24 heavy (non-hydrogen) atoms. The summed E-state index contributed by atoms with van der Waals surface area (Å²) >= 11 is 0. The Balaban J connectivity index is 2.03. The van der Waals surface area contributed by atoms with Gasteiger partial charge in [-0.2, -0.15) is 0 Å². The number of fused-ring (bicyclic) bond motifs is 3. The van der Waals surface area contributed by atoms with Crippen molar-refractivity contribution in [1.82, 2.24) is 19.4 Å². The van der Waals surface area contributed by atoms with Gasteiger partial charge >= 0.3 is 5.69 Å². The van der Waals surface area contributed by atoms with E-state index in [2.05, 4.69) is 16.0 Å². The number of para-hydroxylation sites is 1. The second-order valence-electron chi connectivity index (χ2n) is 6.25. The van der Waals surface area contributed by atoms with E-state index >= 15 is 0 Å². The van der Waals surface area contributed by atoms with Gasteiger partial charge in [0, 0.05) is 30.2 Å². The molecule has 2 aromatic heterocycles. The van der Waals surface area contributed by atoms with Crippen LogP contribution >= 0.6 is 0 Å². The molecule has 0 fully saturated rings. The van der Waals surface area contributed by atoms with Gasteiger partial charge in [-0.1, -0.05) is 18.2 Å². The molecule has 0 radical (unpaired) electrons. The largest absolute Gasteiger partial charge is 0.494 e. The van der Waals surface area contributed by atoms with Crippen molar-refractivity contribution < 1.29 is 5.11 Å². The highest BCUT2D eigenvalue weighted by Gasteiger charge is 2.34. The van der Waals surface area contributed by atoms with Gasteiger partial charge in [-0.15, -0.1) is 0 Å². The second kappa shape index (κ2) is 5.10. The van der Waals surface area contributed by atoms with Gasteiger partial charge in [0.1, 0.15) is 5.56 Å². The van der Waals surface area contributed by atoms with Crippen molar-refractivity contribution in [2.24, 2.45) is 7.05 Å². The maximum atomic E-state index is 12.4. The Morgan fingerprint density at radius 1 is 1.17 bits per heavy atom. The van der Waals surface area contributed by atoms with Crippen molar-refractivity contribution in [3.63, 3.8) is 0 Å². The smallest absolute Gasteiger partial charge is 0.330 e. The molecule has 0 spiro atoms. The van der Waals surface area contributed by atoms with Crippen LogP contribution in [0, 0.1) is 0 Å². The Labute approximate surface area is 137 Å². The zero-order valence-electron chi connectivity index (χ0n) is 13.5. The van der Waals surface area contributed by atoms with Crippen molar-refractivity contribution >= 4 is 10.9 Å². The highest BCUT2D eigenvalue weighted by atomic mass is 16.3. The van der Waals surface area contributed by atoms with Gasteiger partial charge < -0.3 is 10.1 Å². The number of aromatic hydroxyl groups is 1. The average molecular weight is 326 g/mol. The summed E-state index contributed by atoms with van der Waals surface area (Å²) in [5, 5.41) is 11.6. The Kier molecular flexibility index (Phi) is 3.14. The van der Waals surface area contributed by atoms with Crippen LogP contribution in [0.2, 0.25) is 0 Å². The summed E-state index contributed by atoms with van der Waals surface area (Å²) in [4.78, 5) is 31.8. The fourth-order valence-electron chi connectivity index (χ4n) is 3.60. The molecule has 124 valence electrons. The van der Waals surface area contributed by atoms with E-state index in [4.69, 9.17) is 0 Å². The number of H-pyrrole nitrogens is 2. The number of nitrogens with one attached hydrogen (secondary N) is 2. The summed E-state index contributed by atoms with van der Waals surface area (Å²) in [6.45, 7) is 0.751. The van der Waals surface area contributed by atoms with Gasteiger partial charge in [0.2, 0.25) is 5.88 Å². The van der Waals surface area contributed by atoms with E-state index in [9.17, 15) is 14.7 Å². The van der Waals surface area contributed by atoms with E-state index in [1.807, 2.05) is 30.1 Å². The fourth-order valence-corrected chi connectivity index (χ4v) is 3.60. The first kappa shape index (κ1) is 14.8. The van der Waals surface area contributed by atoms with Gasteiger partial charge in [0.05, 0.1) is 6.04 Å². The highest BCUT2D eigenvalue weighted by Crippen LogP contribution is 2.38. The van der Waals surface area contributed by atoms with Crippen LogP contribution in [-0.4, -0.2) is 38.1 Å². The first-order valence-corrected chi connectivity index (χ1v) is 7.81. The Bertz CT molecular complexity index is 1060. The fraction of sp³-hybridized carbons (Fsp3) is 0.294. The number of likely N-dealkylation sites (N-methyl/N-ethyl adjacent to an activating group) is 1. The molecule has 3 N–H and O–H groups in total. The van der Waals surface area contributed by atoms with Crippen LogP contribution in [0.5, 0.6) is 5.88 Å². The zero-order chi connectivity index (χ0) is 17.0. The third-order valence-corrected chi connectivity index (χ3v) is 4.88. The molecule has 1 atom stereocenters. The lowest BCUT2D eigenvalue weighted by Gasteiger charge is -2.32. The Hall–Kier alpha value is -2.80. The van der Waals surface area contributed by atoms with Crippen LogP contribution in [0.25, 0.3) is 10.9 Å². The van der Waals surface area contributed by atoms with Crippen molar-refractivity contribution in [3.05, 3.63) is 61.9 Å². The van der Waals surface area contributed by atoms with Gasteiger partial charge in [0.25, 0.3) is 5.56 Å². The topological polar surface area (TPSA) is 94.1 Å². The van der Waals surface area contributed by atoms with Gasteiger partial charge in [-0.25, -0.2) is 4.79 Å². The Morgan fingerprint density at radius 2 is 1.92 bits per heavy atom. The van der Waals surface area contributed by atoms with Crippen LogP contribution in [-0.2, 0) is 13.5 Å². The molecule has 1 unspecified atom stereocenters. The molecule has 0 saturated heterocycles. The average Bonchev–Trinajstić information content (AvgIpc) is 2.93. The predicted molar refractivity (Wildman–Crippen MR) is 90.4 cm³/mol. The first-order chi connectivity index (χ1) is 11.5. The summed E-state index contributed by atoms with van der Waals surface area (Å²) < 4.78 is 1.06. The minimum atomic E-state index is -0.628. The Morgan fingerprint density at radius 3 is 2.71 bits per heavy atom. The van der Waals surface area contributed by atoms with E-state index in [0.29, 0.717) is 0 Å². The lowest BCUT2D eigenvalue weighted by molar-refractivity contribution is 0.251. The number of hydrogen-bond acceptors (Lipinski definition) is 4. The molecule has 0 saturated carbocycles. The van der Waals surface area contributed by atoms with Crippen LogP contribution in [0.3, 0.4) is 0 Å². The lowest BCUT2D eigenvalue weighted by Crippen LogP contribution is -2.39. The molecule has 0 bridgehead atoms. The van der Waals surface area contributed by atoms with Gasteiger partial charge in [-0.05, 0) is 25.1 Å². The third-order valence-electron chi connectivity index (χ3n) is 4.88. The maximum absolute atomic E-state index is 12.4.